The Kier molecular flexibility index (Phi) is 7.36. The molecule has 1 fully saturated rings. The van der Waals surface area contributed by atoms with Gasteiger partial charge in [0.1, 0.15) is 12.4 Å². The lowest BCUT2D eigenvalue weighted by Crippen LogP contribution is -2.29. The van der Waals surface area contributed by atoms with E-state index in [1.54, 1.807) is 18.3 Å². The first-order valence-corrected chi connectivity index (χ1v) is 13.1. The second-order valence-corrected chi connectivity index (χ2v) is 10.0. The Labute approximate surface area is 233 Å². The molecule has 1 amide bonds. The number of methoxy groups -OCH3 is 1. The van der Waals surface area contributed by atoms with Gasteiger partial charge in [0.05, 0.1) is 17.8 Å². The lowest BCUT2D eigenvalue weighted by molar-refractivity contribution is -0.119. The fraction of sp³-hybridized carbons (Fsp3) is 0.233. The molecule has 2 atom stereocenters. The summed E-state index contributed by atoms with van der Waals surface area (Å²) in [5.41, 5.74) is 7.65. The van der Waals surface area contributed by atoms with Gasteiger partial charge >= 0.3 is 0 Å². The molecule has 2 aromatic carbocycles. The van der Waals surface area contributed by atoms with E-state index in [9.17, 15) is 9.90 Å². The van der Waals surface area contributed by atoms with Gasteiger partial charge in [0, 0.05) is 41.8 Å². The van der Waals surface area contributed by atoms with Crippen LogP contribution in [0.3, 0.4) is 0 Å². The highest BCUT2D eigenvalue weighted by atomic mass is 32.1. The maximum atomic E-state index is 12.1. The van der Waals surface area contributed by atoms with Crippen LogP contribution in [0.2, 0.25) is 0 Å². The van der Waals surface area contributed by atoms with Crippen LogP contribution in [0.25, 0.3) is 5.69 Å². The highest BCUT2D eigenvalue weighted by molar-refractivity contribution is 7.80. The number of aromatic hydroxyl groups is 1. The molecule has 4 aromatic rings. The Morgan fingerprint density at radius 3 is 2.49 bits per heavy atom. The molecule has 3 heterocycles. The first-order valence-electron chi connectivity index (χ1n) is 12.7. The van der Waals surface area contributed by atoms with Crippen molar-refractivity contribution in [3.63, 3.8) is 0 Å². The number of hydrogen-bond acceptors (Lipinski definition) is 5. The first-order chi connectivity index (χ1) is 18.8. The Morgan fingerprint density at radius 2 is 1.82 bits per heavy atom. The molecule has 0 aliphatic carbocycles. The van der Waals surface area contributed by atoms with Crippen molar-refractivity contribution >= 4 is 34.6 Å². The third-order valence-corrected chi connectivity index (χ3v) is 7.35. The van der Waals surface area contributed by atoms with Crippen LogP contribution in [-0.4, -0.2) is 39.4 Å². The second-order valence-electron chi connectivity index (χ2n) is 9.66. The molecule has 0 bridgehead atoms. The topological polar surface area (TPSA) is 91.7 Å². The molecule has 0 saturated carbocycles. The van der Waals surface area contributed by atoms with Crippen molar-refractivity contribution < 1.29 is 14.6 Å². The molecule has 0 radical (unpaired) electrons. The molecule has 2 aromatic heterocycles. The molecule has 200 valence electrons. The fourth-order valence-corrected chi connectivity index (χ4v) is 5.64. The zero-order chi connectivity index (χ0) is 27.7. The summed E-state index contributed by atoms with van der Waals surface area (Å²) in [4.78, 5) is 18.9. The summed E-state index contributed by atoms with van der Waals surface area (Å²) >= 11 is 5.91. The van der Waals surface area contributed by atoms with Gasteiger partial charge in [-0.3, -0.25) is 9.78 Å². The number of nitrogens with zero attached hydrogens (tertiary/aromatic N) is 3. The number of carbonyl (C=O) groups is 1. The molecule has 1 saturated heterocycles. The summed E-state index contributed by atoms with van der Waals surface area (Å²) in [5, 5.41) is 16.8. The largest absolute Gasteiger partial charge is 0.508 e. The fourth-order valence-electron chi connectivity index (χ4n) is 5.29. The average Bonchev–Trinajstić information content (AvgIpc) is 3.41. The number of ether oxygens (including phenoxy) is 1. The van der Waals surface area contributed by atoms with Gasteiger partial charge in [0.2, 0.25) is 5.91 Å². The van der Waals surface area contributed by atoms with E-state index in [1.165, 1.54) is 7.11 Å². The molecular weight excluding hydrogens is 510 g/mol. The minimum absolute atomic E-state index is 0.00813. The molecule has 1 aliphatic rings. The van der Waals surface area contributed by atoms with Crippen LogP contribution in [0.4, 0.5) is 11.4 Å². The Balaban J connectivity index is 1.60. The SMILES string of the molecule is COCC(=O)Nc1ccc(N2C(=S)N[C@H](c3ccccn3)[C@@H]2c2cc(C)n(-c3ccc(O)cc3)c2C)cc1C. The Morgan fingerprint density at radius 1 is 1.08 bits per heavy atom. The normalized spacial score (nSPS) is 16.8. The van der Waals surface area contributed by atoms with E-state index in [4.69, 9.17) is 17.0 Å². The van der Waals surface area contributed by atoms with Crippen molar-refractivity contribution in [3.8, 4) is 11.4 Å². The molecule has 5 rings (SSSR count). The summed E-state index contributed by atoms with van der Waals surface area (Å²) in [5.74, 6) is 0.0202. The van der Waals surface area contributed by atoms with Crippen LogP contribution < -0.4 is 15.5 Å². The van der Waals surface area contributed by atoms with Crippen LogP contribution in [-0.2, 0) is 9.53 Å². The van der Waals surface area contributed by atoms with Gasteiger partial charge in [-0.2, -0.15) is 0 Å². The van der Waals surface area contributed by atoms with Gasteiger partial charge < -0.3 is 29.9 Å². The van der Waals surface area contributed by atoms with Gasteiger partial charge in [-0.1, -0.05) is 6.07 Å². The molecule has 0 spiro atoms. The number of amides is 1. The molecule has 0 unspecified atom stereocenters. The van der Waals surface area contributed by atoms with Gasteiger partial charge in [-0.15, -0.1) is 0 Å². The summed E-state index contributed by atoms with van der Waals surface area (Å²) in [6, 6.07) is 20.8. The molecular formula is C30H31N5O3S. The van der Waals surface area contributed by atoms with E-state index in [0.29, 0.717) is 5.11 Å². The Bertz CT molecular complexity index is 1520. The number of pyridine rings is 1. The monoisotopic (exact) mass is 541 g/mol. The number of aromatic nitrogens is 2. The minimum atomic E-state index is -0.207. The zero-order valence-electron chi connectivity index (χ0n) is 22.3. The van der Waals surface area contributed by atoms with Crippen molar-refractivity contribution in [3.05, 3.63) is 101 Å². The molecule has 9 heteroatoms. The van der Waals surface area contributed by atoms with Crippen LogP contribution >= 0.6 is 12.2 Å². The van der Waals surface area contributed by atoms with Gasteiger partial charge in [0.15, 0.2) is 5.11 Å². The van der Waals surface area contributed by atoms with Crippen LogP contribution in [0.15, 0.2) is 72.9 Å². The van der Waals surface area contributed by atoms with E-state index in [2.05, 4.69) is 45.0 Å². The van der Waals surface area contributed by atoms with E-state index < -0.39 is 0 Å². The number of aryl methyl sites for hydroxylation is 2. The van der Waals surface area contributed by atoms with Crippen molar-refractivity contribution in [2.75, 3.05) is 23.9 Å². The maximum absolute atomic E-state index is 12.1. The average molecular weight is 542 g/mol. The first kappa shape index (κ1) is 26.4. The number of carbonyl (C=O) groups excluding carboxylic acids is 1. The number of anilines is 2. The number of thiocarbonyl (C=S) groups is 1. The number of rotatable bonds is 7. The van der Waals surface area contributed by atoms with Gasteiger partial charge in [-0.05, 0) is 105 Å². The Hall–Kier alpha value is -4.21. The van der Waals surface area contributed by atoms with Crippen molar-refractivity contribution in [1.29, 1.82) is 0 Å². The van der Waals surface area contributed by atoms with E-state index >= 15 is 0 Å². The number of benzene rings is 2. The smallest absolute Gasteiger partial charge is 0.250 e. The van der Waals surface area contributed by atoms with Gasteiger partial charge in [-0.25, -0.2) is 0 Å². The maximum Gasteiger partial charge on any atom is 0.250 e. The van der Waals surface area contributed by atoms with E-state index in [-0.39, 0.29) is 30.3 Å². The van der Waals surface area contributed by atoms with Crippen molar-refractivity contribution in [2.45, 2.75) is 32.9 Å². The third kappa shape index (κ3) is 5.10. The lowest BCUT2D eigenvalue weighted by atomic mass is 9.96. The number of nitrogens with one attached hydrogen (secondary N) is 2. The predicted octanol–water partition coefficient (Wildman–Crippen LogP) is 5.27. The van der Waals surface area contributed by atoms with Crippen LogP contribution in [0.5, 0.6) is 5.75 Å². The number of phenols is 1. The summed E-state index contributed by atoms with van der Waals surface area (Å²) in [7, 11) is 1.49. The summed E-state index contributed by atoms with van der Waals surface area (Å²) in [6.07, 6.45) is 1.79. The summed E-state index contributed by atoms with van der Waals surface area (Å²) < 4.78 is 7.13. The lowest BCUT2D eigenvalue weighted by Gasteiger charge is -2.29. The minimum Gasteiger partial charge on any atom is -0.508 e. The highest BCUT2D eigenvalue weighted by Crippen LogP contribution is 2.44. The highest BCUT2D eigenvalue weighted by Gasteiger charge is 2.42. The van der Waals surface area contributed by atoms with E-state index in [0.717, 1.165) is 45.3 Å². The molecule has 3 N–H and O–H groups in total. The standard InChI is InChI=1S/C30H31N5O3S/c1-18-15-22(10-13-25(18)32-27(37)17-38-4)35-29(28(33-30(35)39)26-7-5-6-14-31-26)24-16-19(2)34(20(24)3)21-8-11-23(36)12-9-21/h5-16,28-29,36H,17H2,1-4H3,(H,32,37)(H,33,39)/t28-,29+/m1/s1. The van der Waals surface area contributed by atoms with Crippen LogP contribution in [0, 0.1) is 20.8 Å². The molecule has 39 heavy (non-hydrogen) atoms. The number of hydrogen-bond donors (Lipinski definition) is 3. The number of phenolic OH excluding ortho intramolecular Hbond substituents is 1. The quantitative estimate of drug-likeness (QED) is 0.275. The zero-order valence-corrected chi connectivity index (χ0v) is 23.1. The summed E-state index contributed by atoms with van der Waals surface area (Å²) in [6.45, 7) is 6.13. The van der Waals surface area contributed by atoms with Crippen molar-refractivity contribution in [2.24, 2.45) is 0 Å². The van der Waals surface area contributed by atoms with Gasteiger partial charge in [0.25, 0.3) is 0 Å². The molecule has 8 nitrogen and oxygen atoms in total. The van der Waals surface area contributed by atoms with Crippen LogP contribution in [0.1, 0.15) is 40.3 Å². The van der Waals surface area contributed by atoms with E-state index in [1.807, 2.05) is 55.5 Å². The third-order valence-electron chi connectivity index (χ3n) is 7.03. The molecule has 1 aliphatic heterocycles. The van der Waals surface area contributed by atoms with Crippen molar-refractivity contribution in [1.82, 2.24) is 14.9 Å². The predicted molar refractivity (Wildman–Crippen MR) is 157 cm³/mol. The second kappa shape index (κ2) is 10.9.